The third-order valence-corrected chi connectivity index (χ3v) is 5.19. The van der Waals surface area contributed by atoms with Gasteiger partial charge in [-0.25, -0.2) is 0 Å². The van der Waals surface area contributed by atoms with Gasteiger partial charge in [0.05, 0.1) is 15.9 Å². The van der Waals surface area contributed by atoms with Gasteiger partial charge in [0.25, 0.3) is 5.69 Å². The van der Waals surface area contributed by atoms with Gasteiger partial charge in [-0.1, -0.05) is 24.3 Å². The van der Waals surface area contributed by atoms with Crippen molar-refractivity contribution in [3.8, 4) is 0 Å². The van der Waals surface area contributed by atoms with Crippen molar-refractivity contribution in [3.05, 3.63) is 69.3 Å². The van der Waals surface area contributed by atoms with E-state index in [-0.39, 0.29) is 43.0 Å². The Hall–Kier alpha value is -2.94. The summed E-state index contributed by atoms with van der Waals surface area (Å²) in [5, 5.41) is 13.8. The summed E-state index contributed by atoms with van der Waals surface area (Å²) in [5.74, 6) is -0.515. The molecule has 154 valence electrons. The van der Waals surface area contributed by atoms with Crippen molar-refractivity contribution >= 4 is 17.3 Å². The molecule has 0 spiro atoms. The average molecular weight is 408 g/mol. The highest BCUT2D eigenvalue weighted by Gasteiger charge is 2.43. The van der Waals surface area contributed by atoms with Crippen molar-refractivity contribution in [1.29, 1.82) is 0 Å². The van der Waals surface area contributed by atoms with Crippen LogP contribution in [0.4, 0.5) is 24.5 Å². The molecule has 0 atom stereocenters. The Labute approximate surface area is 164 Å². The fourth-order valence-corrected chi connectivity index (χ4v) is 3.49. The Kier molecular flexibility index (Phi) is 5.61. The van der Waals surface area contributed by atoms with E-state index in [0.29, 0.717) is 5.56 Å². The number of rotatable bonds is 4. The van der Waals surface area contributed by atoms with E-state index in [0.717, 1.165) is 12.1 Å². The lowest BCUT2D eigenvalue weighted by Gasteiger charge is -2.36. The monoisotopic (exact) mass is 408 g/mol. The maximum absolute atomic E-state index is 13.2. The number of anilines is 1. The largest absolute Gasteiger partial charge is 0.416 e. The summed E-state index contributed by atoms with van der Waals surface area (Å²) in [6.45, 7) is 2.02. The zero-order valence-corrected chi connectivity index (χ0v) is 15.6. The first-order valence-corrected chi connectivity index (χ1v) is 8.95. The summed E-state index contributed by atoms with van der Waals surface area (Å²) >= 11 is 0. The van der Waals surface area contributed by atoms with Crippen molar-refractivity contribution in [3.63, 3.8) is 0 Å². The van der Waals surface area contributed by atoms with E-state index in [9.17, 15) is 28.1 Å². The van der Waals surface area contributed by atoms with Crippen LogP contribution in [0.1, 0.15) is 29.5 Å². The highest BCUT2D eigenvalue weighted by molar-refractivity contribution is 5.99. The van der Waals surface area contributed by atoms with Crippen molar-refractivity contribution < 1.29 is 27.6 Å². The second-order valence-corrected chi connectivity index (χ2v) is 6.99. The van der Waals surface area contributed by atoms with Crippen LogP contribution < -0.4 is 5.32 Å². The molecule has 2 aromatic rings. The number of hydrogen-bond donors (Lipinski definition) is 1. The number of halogens is 3. The van der Waals surface area contributed by atoms with Gasteiger partial charge in [0.2, 0.25) is 5.91 Å². The van der Waals surface area contributed by atoms with Crippen LogP contribution in [0.2, 0.25) is 0 Å². The minimum Gasteiger partial charge on any atom is -0.381 e. The van der Waals surface area contributed by atoms with Crippen LogP contribution in [0.25, 0.3) is 0 Å². The fourth-order valence-electron chi connectivity index (χ4n) is 3.49. The van der Waals surface area contributed by atoms with Gasteiger partial charge >= 0.3 is 6.18 Å². The number of hydrogen-bond acceptors (Lipinski definition) is 4. The molecular formula is C20H19F3N2O4. The number of nitro groups is 1. The molecule has 1 saturated heterocycles. The van der Waals surface area contributed by atoms with Gasteiger partial charge in [-0.15, -0.1) is 0 Å². The van der Waals surface area contributed by atoms with Crippen LogP contribution in [0, 0.1) is 17.0 Å². The Morgan fingerprint density at radius 2 is 1.86 bits per heavy atom. The number of amides is 1. The second kappa shape index (κ2) is 7.82. The summed E-state index contributed by atoms with van der Waals surface area (Å²) in [7, 11) is 0. The van der Waals surface area contributed by atoms with Crippen LogP contribution in [0.15, 0.2) is 42.5 Å². The van der Waals surface area contributed by atoms with E-state index in [1.54, 1.807) is 6.92 Å². The van der Waals surface area contributed by atoms with Crippen LogP contribution in [-0.4, -0.2) is 24.0 Å². The van der Waals surface area contributed by atoms with Crippen molar-refractivity contribution in [2.75, 3.05) is 18.5 Å². The molecule has 1 amide bonds. The summed E-state index contributed by atoms with van der Waals surface area (Å²) in [6.07, 6.45) is -4.13. The zero-order valence-electron chi connectivity index (χ0n) is 15.6. The Bertz CT molecular complexity index is 938. The van der Waals surface area contributed by atoms with Gasteiger partial charge in [-0.2, -0.15) is 13.2 Å². The summed E-state index contributed by atoms with van der Waals surface area (Å²) in [6, 6.07) is 9.00. The lowest BCUT2D eigenvalue weighted by molar-refractivity contribution is -0.385. The molecule has 3 rings (SSSR count). The number of ether oxygens (including phenoxy) is 1. The first kappa shape index (κ1) is 20.8. The Balaban J connectivity index is 1.98. The highest BCUT2D eigenvalue weighted by Crippen LogP contribution is 2.39. The summed E-state index contributed by atoms with van der Waals surface area (Å²) < 4.78 is 44.8. The van der Waals surface area contributed by atoms with Crippen molar-refractivity contribution in [1.82, 2.24) is 0 Å². The third kappa shape index (κ3) is 4.24. The van der Waals surface area contributed by atoms with Crippen LogP contribution in [0.5, 0.6) is 0 Å². The molecule has 0 bridgehead atoms. The first-order chi connectivity index (χ1) is 13.6. The molecule has 6 nitrogen and oxygen atoms in total. The average Bonchev–Trinajstić information content (AvgIpc) is 2.69. The molecular weight excluding hydrogens is 389 g/mol. The molecule has 2 aromatic carbocycles. The number of benzene rings is 2. The molecule has 1 aliphatic heterocycles. The number of nitro benzene ring substituents is 1. The SMILES string of the molecule is Cc1ccc(NC(=O)C2(c3cccc(C(F)(F)F)c3)CCOCC2)cc1[N+](=O)[O-]. The minimum atomic E-state index is -4.53. The van der Waals surface area contributed by atoms with Gasteiger partial charge in [-0.3, -0.25) is 14.9 Å². The quantitative estimate of drug-likeness (QED) is 0.592. The lowest BCUT2D eigenvalue weighted by atomic mass is 9.73. The normalized spacial score (nSPS) is 16.3. The van der Waals surface area contributed by atoms with Gasteiger partial charge in [0.1, 0.15) is 0 Å². The lowest BCUT2D eigenvalue weighted by Crippen LogP contribution is -2.45. The van der Waals surface area contributed by atoms with E-state index in [1.807, 2.05) is 0 Å². The molecule has 1 aliphatic rings. The number of carbonyl (C=O) groups excluding carboxylic acids is 1. The van der Waals surface area contributed by atoms with Crippen LogP contribution >= 0.6 is 0 Å². The van der Waals surface area contributed by atoms with E-state index >= 15 is 0 Å². The van der Waals surface area contributed by atoms with Crippen LogP contribution in [-0.2, 0) is 21.1 Å². The number of nitrogens with one attached hydrogen (secondary N) is 1. The molecule has 29 heavy (non-hydrogen) atoms. The molecule has 0 aromatic heterocycles. The van der Waals surface area contributed by atoms with E-state index in [4.69, 9.17) is 4.74 Å². The number of nitrogens with zero attached hydrogens (tertiary/aromatic N) is 1. The molecule has 1 heterocycles. The van der Waals surface area contributed by atoms with Gasteiger partial charge in [0, 0.05) is 30.5 Å². The predicted molar refractivity (Wildman–Crippen MR) is 99.6 cm³/mol. The van der Waals surface area contributed by atoms with Crippen LogP contribution in [0.3, 0.4) is 0 Å². The summed E-state index contributed by atoms with van der Waals surface area (Å²) in [5.41, 5.74) is -1.31. The minimum absolute atomic E-state index is 0.150. The summed E-state index contributed by atoms with van der Waals surface area (Å²) in [4.78, 5) is 23.8. The van der Waals surface area contributed by atoms with Crippen molar-refractivity contribution in [2.24, 2.45) is 0 Å². The number of aryl methyl sites for hydroxylation is 1. The van der Waals surface area contributed by atoms with Gasteiger partial charge in [-0.05, 0) is 37.5 Å². The highest BCUT2D eigenvalue weighted by atomic mass is 19.4. The third-order valence-electron chi connectivity index (χ3n) is 5.19. The second-order valence-electron chi connectivity index (χ2n) is 6.99. The topological polar surface area (TPSA) is 81.5 Å². The first-order valence-electron chi connectivity index (χ1n) is 8.95. The van der Waals surface area contributed by atoms with Gasteiger partial charge < -0.3 is 10.1 Å². The van der Waals surface area contributed by atoms with E-state index < -0.39 is 28.0 Å². The maximum Gasteiger partial charge on any atom is 0.416 e. The molecule has 0 radical (unpaired) electrons. The molecule has 1 fully saturated rings. The fraction of sp³-hybridized carbons (Fsp3) is 0.350. The Morgan fingerprint density at radius 1 is 1.17 bits per heavy atom. The number of alkyl halides is 3. The smallest absolute Gasteiger partial charge is 0.381 e. The molecule has 0 aliphatic carbocycles. The van der Waals surface area contributed by atoms with E-state index in [1.165, 1.54) is 30.3 Å². The Morgan fingerprint density at radius 3 is 2.48 bits per heavy atom. The molecule has 9 heteroatoms. The van der Waals surface area contributed by atoms with Gasteiger partial charge in [0.15, 0.2) is 0 Å². The maximum atomic E-state index is 13.2. The molecule has 0 saturated carbocycles. The molecule has 0 unspecified atom stereocenters. The van der Waals surface area contributed by atoms with Crippen molar-refractivity contribution in [2.45, 2.75) is 31.4 Å². The predicted octanol–water partition coefficient (Wildman–Crippen LogP) is 4.61. The number of carbonyl (C=O) groups is 1. The molecule has 1 N–H and O–H groups in total. The van der Waals surface area contributed by atoms with E-state index in [2.05, 4.69) is 5.32 Å². The standard InChI is InChI=1S/C20H19F3N2O4/c1-13-5-6-16(12-17(13)25(27)28)24-18(26)19(7-9-29-10-8-19)14-3-2-4-15(11-14)20(21,22)23/h2-6,11-12H,7-10H2,1H3,(H,24,26). The zero-order chi connectivity index (χ0) is 21.2.